The van der Waals surface area contributed by atoms with Crippen LogP contribution in [-0.2, 0) is 4.79 Å². The average molecular weight is 110 g/mol. The van der Waals surface area contributed by atoms with Crippen LogP contribution in [0.1, 0.15) is 11.5 Å². The first kappa shape index (κ1) is 5.03. The molecule has 0 atom stereocenters. The van der Waals surface area contributed by atoms with E-state index >= 15 is 0 Å². The fraction of sp³-hybridized carbons (Fsp3) is 0.200. The second-order valence-corrected chi connectivity index (χ2v) is 1.42. The molecule has 0 saturated carbocycles. The lowest BCUT2D eigenvalue weighted by Gasteiger charge is -1.65. The summed E-state index contributed by atoms with van der Waals surface area (Å²) < 4.78 is 4.54. The van der Waals surface area contributed by atoms with E-state index in [0.29, 0.717) is 5.76 Å². The van der Waals surface area contributed by atoms with E-state index in [1.54, 1.807) is 13.2 Å². The predicted molar refractivity (Wildman–Crippen MR) is 26.0 cm³/mol. The quantitative estimate of drug-likeness (QED) is 0.526. The Hall–Kier alpha value is -1.12. The minimum Gasteiger partial charge on any atom is -0.361 e. The van der Waals surface area contributed by atoms with Gasteiger partial charge in [-0.05, 0) is 6.92 Å². The lowest BCUT2D eigenvalue weighted by Crippen LogP contribution is -1.73. The molecule has 0 saturated heterocycles. The zero-order valence-corrected chi connectivity index (χ0v) is 4.34. The molecule has 1 rings (SSSR count). The van der Waals surface area contributed by atoms with Crippen LogP contribution < -0.4 is 0 Å². The van der Waals surface area contributed by atoms with Crippen molar-refractivity contribution in [2.45, 2.75) is 6.92 Å². The van der Waals surface area contributed by atoms with Gasteiger partial charge in [-0.2, -0.15) is 0 Å². The van der Waals surface area contributed by atoms with E-state index in [4.69, 9.17) is 0 Å². The molecule has 1 radical (unpaired) electrons. The summed E-state index contributed by atoms with van der Waals surface area (Å²) in [5.41, 5.74) is 0.225. The van der Waals surface area contributed by atoms with Crippen molar-refractivity contribution in [3.8, 4) is 0 Å². The SMILES string of the molecule is Cc1cc([C]=O)no1. The van der Waals surface area contributed by atoms with Gasteiger partial charge in [0.1, 0.15) is 5.76 Å². The fourth-order valence-corrected chi connectivity index (χ4v) is 0.415. The van der Waals surface area contributed by atoms with Gasteiger partial charge in [0.15, 0.2) is 5.69 Å². The second-order valence-electron chi connectivity index (χ2n) is 1.42. The van der Waals surface area contributed by atoms with E-state index in [9.17, 15) is 4.79 Å². The molecule has 41 valence electrons. The van der Waals surface area contributed by atoms with Gasteiger partial charge in [0.25, 0.3) is 6.29 Å². The van der Waals surface area contributed by atoms with Gasteiger partial charge < -0.3 is 4.52 Å². The van der Waals surface area contributed by atoms with Gasteiger partial charge >= 0.3 is 0 Å². The Morgan fingerprint density at radius 3 is 2.88 bits per heavy atom. The third-order valence-electron chi connectivity index (χ3n) is 0.733. The van der Waals surface area contributed by atoms with Crippen LogP contribution in [0.2, 0.25) is 0 Å². The number of hydrogen-bond donors (Lipinski definition) is 0. The molecule has 3 nitrogen and oxygen atoms in total. The number of rotatable bonds is 1. The van der Waals surface area contributed by atoms with Crippen LogP contribution in [0.5, 0.6) is 0 Å². The maximum absolute atomic E-state index is 9.77. The molecule has 0 fully saturated rings. The van der Waals surface area contributed by atoms with Crippen LogP contribution in [0, 0.1) is 6.92 Å². The topological polar surface area (TPSA) is 43.1 Å². The van der Waals surface area contributed by atoms with Crippen molar-refractivity contribution in [1.29, 1.82) is 0 Å². The number of nitrogens with zero attached hydrogens (tertiary/aromatic N) is 1. The minimum absolute atomic E-state index is 0.225. The molecule has 0 aliphatic carbocycles. The molecule has 1 heterocycles. The summed E-state index contributed by atoms with van der Waals surface area (Å²) in [6.07, 6.45) is 1.59. The fourth-order valence-electron chi connectivity index (χ4n) is 0.415. The highest BCUT2D eigenvalue weighted by Gasteiger charge is 1.95. The van der Waals surface area contributed by atoms with Crippen molar-refractivity contribution >= 4 is 6.29 Å². The molecular weight excluding hydrogens is 106 g/mol. The van der Waals surface area contributed by atoms with Gasteiger partial charge in [0, 0.05) is 6.07 Å². The Morgan fingerprint density at radius 2 is 2.62 bits per heavy atom. The molecular formula is C5H4NO2. The lowest BCUT2D eigenvalue weighted by atomic mass is 10.4. The van der Waals surface area contributed by atoms with Crippen LogP contribution in [0.3, 0.4) is 0 Å². The van der Waals surface area contributed by atoms with E-state index in [1.165, 1.54) is 6.07 Å². The normalized spacial score (nSPS) is 9.12. The summed E-state index contributed by atoms with van der Waals surface area (Å²) in [5.74, 6) is 0.628. The summed E-state index contributed by atoms with van der Waals surface area (Å²) in [5, 5.41) is 3.34. The van der Waals surface area contributed by atoms with Crippen LogP contribution in [-0.4, -0.2) is 11.4 Å². The molecule has 0 unspecified atom stereocenters. The van der Waals surface area contributed by atoms with E-state index in [-0.39, 0.29) is 5.69 Å². The standard InChI is InChI=1S/C5H4NO2/c1-4-2-5(3-7)6-8-4/h2H,1H3. The van der Waals surface area contributed by atoms with Gasteiger partial charge in [0.05, 0.1) is 0 Å². The Balaban J connectivity index is 3.00. The van der Waals surface area contributed by atoms with E-state index in [2.05, 4.69) is 9.68 Å². The van der Waals surface area contributed by atoms with Crippen LogP contribution in [0.25, 0.3) is 0 Å². The number of aromatic nitrogens is 1. The molecule has 1 aromatic heterocycles. The maximum atomic E-state index is 9.77. The second kappa shape index (κ2) is 1.78. The number of carbonyl (C=O) groups excluding carboxylic acids is 1. The van der Waals surface area contributed by atoms with Crippen molar-refractivity contribution in [3.63, 3.8) is 0 Å². The maximum Gasteiger partial charge on any atom is 0.257 e. The van der Waals surface area contributed by atoms with Crippen molar-refractivity contribution in [3.05, 3.63) is 17.5 Å². The Morgan fingerprint density at radius 1 is 1.88 bits per heavy atom. The highest BCUT2D eigenvalue weighted by molar-refractivity contribution is 5.71. The molecule has 3 heteroatoms. The first-order valence-electron chi connectivity index (χ1n) is 2.14. The summed E-state index contributed by atoms with van der Waals surface area (Å²) in [7, 11) is 0. The van der Waals surface area contributed by atoms with Gasteiger partial charge in [-0.1, -0.05) is 5.16 Å². The monoisotopic (exact) mass is 110 g/mol. The van der Waals surface area contributed by atoms with Gasteiger partial charge in [-0.3, -0.25) is 4.79 Å². The third-order valence-corrected chi connectivity index (χ3v) is 0.733. The highest BCUT2D eigenvalue weighted by atomic mass is 16.5. The van der Waals surface area contributed by atoms with Gasteiger partial charge in [-0.25, -0.2) is 0 Å². The Labute approximate surface area is 46.3 Å². The number of aryl methyl sites for hydroxylation is 1. The van der Waals surface area contributed by atoms with E-state index in [0.717, 1.165) is 0 Å². The number of hydrogen-bond acceptors (Lipinski definition) is 3. The third kappa shape index (κ3) is 0.753. The molecule has 8 heavy (non-hydrogen) atoms. The molecule has 0 aliphatic rings. The molecule has 0 spiro atoms. The summed E-state index contributed by atoms with van der Waals surface area (Å²) >= 11 is 0. The summed E-state index contributed by atoms with van der Waals surface area (Å²) in [6, 6.07) is 1.52. The summed E-state index contributed by atoms with van der Waals surface area (Å²) in [6.45, 7) is 1.72. The highest BCUT2D eigenvalue weighted by Crippen LogP contribution is 1.96. The van der Waals surface area contributed by atoms with Gasteiger partial charge in [0.2, 0.25) is 0 Å². The van der Waals surface area contributed by atoms with Crippen LogP contribution in [0.4, 0.5) is 0 Å². The van der Waals surface area contributed by atoms with Crippen molar-refractivity contribution in [2.24, 2.45) is 0 Å². The van der Waals surface area contributed by atoms with Crippen LogP contribution >= 0.6 is 0 Å². The average Bonchev–Trinajstić information content (AvgIpc) is 2.14. The summed E-state index contributed by atoms with van der Waals surface area (Å²) in [4.78, 5) is 9.77. The van der Waals surface area contributed by atoms with E-state index < -0.39 is 0 Å². The molecule has 0 aromatic carbocycles. The first-order chi connectivity index (χ1) is 3.83. The van der Waals surface area contributed by atoms with E-state index in [1.807, 2.05) is 0 Å². The Bertz CT molecular complexity index is 192. The Kier molecular flexibility index (Phi) is 1.12. The molecule has 1 aromatic rings. The molecule has 0 N–H and O–H groups in total. The molecule has 0 aliphatic heterocycles. The predicted octanol–water partition coefficient (Wildman–Crippen LogP) is 0.441. The van der Waals surface area contributed by atoms with Gasteiger partial charge in [-0.15, -0.1) is 0 Å². The van der Waals surface area contributed by atoms with Crippen LogP contribution in [0.15, 0.2) is 10.6 Å². The lowest BCUT2D eigenvalue weighted by molar-refractivity contribution is 0.395. The molecule has 0 amide bonds. The zero-order valence-electron chi connectivity index (χ0n) is 4.34. The van der Waals surface area contributed by atoms with Crippen molar-refractivity contribution < 1.29 is 9.32 Å². The molecule has 0 bridgehead atoms. The van der Waals surface area contributed by atoms with Crippen molar-refractivity contribution in [2.75, 3.05) is 0 Å². The smallest absolute Gasteiger partial charge is 0.257 e. The zero-order chi connectivity index (χ0) is 5.98. The largest absolute Gasteiger partial charge is 0.361 e. The minimum atomic E-state index is 0.225. The van der Waals surface area contributed by atoms with Crippen molar-refractivity contribution in [1.82, 2.24) is 5.16 Å². The first-order valence-corrected chi connectivity index (χ1v) is 2.14.